The molecule has 108 valence electrons. The zero-order chi connectivity index (χ0) is 15.0. The van der Waals surface area contributed by atoms with Gasteiger partial charge in [-0.2, -0.15) is 0 Å². The van der Waals surface area contributed by atoms with Gasteiger partial charge in [-0.05, 0) is 30.3 Å². The number of sulfone groups is 1. The number of halogens is 1. The maximum atomic E-state index is 13.6. The van der Waals surface area contributed by atoms with Gasteiger partial charge in [0.15, 0.2) is 9.84 Å². The molecular formula is C14H12FN3O2S. The highest BCUT2D eigenvalue weighted by Gasteiger charge is 2.21. The molecule has 0 aliphatic rings. The molecule has 0 fully saturated rings. The van der Waals surface area contributed by atoms with Crippen LogP contribution in [0.5, 0.6) is 0 Å². The van der Waals surface area contributed by atoms with Gasteiger partial charge < -0.3 is 10.7 Å². The number of aromatic nitrogens is 2. The molecular weight excluding hydrogens is 293 g/mol. The van der Waals surface area contributed by atoms with E-state index < -0.39 is 21.4 Å². The lowest BCUT2D eigenvalue weighted by molar-refractivity contribution is 0.565. The van der Waals surface area contributed by atoms with Crippen molar-refractivity contribution in [3.63, 3.8) is 0 Å². The second-order valence-corrected chi connectivity index (χ2v) is 6.61. The number of hydrogen-bond acceptors (Lipinski definition) is 4. The molecule has 0 unspecified atom stereocenters. The van der Waals surface area contributed by atoms with Gasteiger partial charge in [-0.1, -0.05) is 12.1 Å². The summed E-state index contributed by atoms with van der Waals surface area (Å²) in [5, 5.41) is 0. The molecule has 1 aromatic heterocycles. The lowest BCUT2D eigenvalue weighted by atomic mass is 10.3. The van der Waals surface area contributed by atoms with Crippen molar-refractivity contribution in [1.82, 2.24) is 9.97 Å². The smallest absolute Gasteiger partial charge is 0.188 e. The van der Waals surface area contributed by atoms with E-state index in [9.17, 15) is 12.8 Å². The number of imidazole rings is 1. The van der Waals surface area contributed by atoms with Crippen molar-refractivity contribution < 1.29 is 12.8 Å². The minimum Gasteiger partial charge on any atom is -0.399 e. The summed E-state index contributed by atoms with van der Waals surface area (Å²) >= 11 is 0. The number of nitrogens with one attached hydrogen (secondary N) is 1. The second-order valence-electron chi connectivity index (χ2n) is 4.65. The lowest BCUT2D eigenvalue weighted by Gasteiger charge is -2.03. The van der Waals surface area contributed by atoms with Gasteiger partial charge in [0.1, 0.15) is 22.3 Å². The summed E-state index contributed by atoms with van der Waals surface area (Å²) in [6, 6.07) is 10.3. The fraction of sp³-hybridized carbons (Fsp3) is 0.0714. The summed E-state index contributed by atoms with van der Waals surface area (Å²) in [7, 11) is -3.80. The molecule has 0 saturated carbocycles. The summed E-state index contributed by atoms with van der Waals surface area (Å²) in [4.78, 5) is 6.74. The van der Waals surface area contributed by atoms with Crippen LogP contribution < -0.4 is 5.73 Å². The maximum Gasteiger partial charge on any atom is 0.188 e. The van der Waals surface area contributed by atoms with Crippen molar-refractivity contribution in [3.8, 4) is 0 Å². The molecule has 5 nitrogen and oxygen atoms in total. The Morgan fingerprint density at radius 3 is 2.71 bits per heavy atom. The van der Waals surface area contributed by atoms with Gasteiger partial charge in [-0.25, -0.2) is 17.8 Å². The molecule has 0 atom stereocenters. The van der Waals surface area contributed by atoms with Gasteiger partial charge in [-0.3, -0.25) is 0 Å². The largest absolute Gasteiger partial charge is 0.399 e. The van der Waals surface area contributed by atoms with E-state index in [1.807, 2.05) is 0 Å². The molecule has 0 amide bonds. The Bertz CT molecular complexity index is 919. The molecule has 0 bridgehead atoms. The Morgan fingerprint density at radius 2 is 1.95 bits per heavy atom. The third-order valence-corrected chi connectivity index (χ3v) is 4.71. The highest BCUT2D eigenvalue weighted by atomic mass is 32.2. The molecule has 1 heterocycles. The van der Waals surface area contributed by atoms with E-state index in [-0.39, 0.29) is 10.7 Å². The Hall–Kier alpha value is -2.41. The highest BCUT2D eigenvalue weighted by molar-refractivity contribution is 7.90. The fourth-order valence-corrected chi connectivity index (χ4v) is 3.41. The summed E-state index contributed by atoms with van der Waals surface area (Å²) in [6.45, 7) is 0. The maximum absolute atomic E-state index is 13.6. The Kier molecular flexibility index (Phi) is 3.13. The van der Waals surface area contributed by atoms with Crippen molar-refractivity contribution in [2.75, 3.05) is 5.73 Å². The predicted molar refractivity (Wildman–Crippen MR) is 77.8 cm³/mol. The molecule has 0 aliphatic carbocycles. The van der Waals surface area contributed by atoms with E-state index in [4.69, 9.17) is 5.73 Å². The van der Waals surface area contributed by atoms with Gasteiger partial charge in [0.25, 0.3) is 0 Å². The number of rotatable bonds is 3. The predicted octanol–water partition coefficient (Wildman–Crippen LogP) is 2.26. The Morgan fingerprint density at radius 1 is 1.19 bits per heavy atom. The van der Waals surface area contributed by atoms with E-state index in [2.05, 4.69) is 9.97 Å². The first-order valence-corrected chi connectivity index (χ1v) is 7.82. The van der Waals surface area contributed by atoms with Crippen LogP contribution in [0.1, 0.15) is 5.82 Å². The van der Waals surface area contributed by atoms with Crippen LogP contribution >= 0.6 is 0 Å². The fourth-order valence-electron chi connectivity index (χ4n) is 2.10. The summed E-state index contributed by atoms with van der Waals surface area (Å²) in [5.41, 5.74) is 7.47. The standard InChI is InChI=1S/C14H12FN3O2S/c15-10-3-1-2-4-13(10)21(19,20)8-14-17-11-6-5-9(16)7-12(11)18-14/h1-7H,8,16H2,(H,17,18). The number of fused-ring (bicyclic) bond motifs is 1. The zero-order valence-electron chi connectivity index (χ0n) is 10.9. The highest BCUT2D eigenvalue weighted by Crippen LogP contribution is 2.20. The quantitative estimate of drug-likeness (QED) is 0.726. The van der Waals surface area contributed by atoms with Crippen LogP contribution in [-0.4, -0.2) is 18.4 Å². The minimum atomic E-state index is -3.80. The van der Waals surface area contributed by atoms with E-state index in [0.717, 1.165) is 6.07 Å². The normalized spacial score (nSPS) is 11.9. The van der Waals surface area contributed by atoms with Crippen LogP contribution in [0.2, 0.25) is 0 Å². The topological polar surface area (TPSA) is 88.8 Å². The molecule has 0 aliphatic heterocycles. The van der Waals surface area contributed by atoms with Gasteiger partial charge in [0.05, 0.1) is 11.0 Å². The molecule has 3 aromatic rings. The molecule has 0 saturated heterocycles. The molecule has 2 aromatic carbocycles. The van der Waals surface area contributed by atoms with E-state index >= 15 is 0 Å². The van der Waals surface area contributed by atoms with Gasteiger partial charge in [0, 0.05) is 5.69 Å². The van der Waals surface area contributed by atoms with Gasteiger partial charge in [-0.15, -0.1) is 0 Å². The molecule has 0 radical (unpaired) electrons. The number of nitrogen functional groups attached to an aromatic ring is 1. The van der Waals surface area contributed by atoms with Crippen LogP contribution in [0.4, 0.5) is 10.1 Å². The molecule has 0 spiro atoms. The van der Waals surface area contributed by atoms with Crippen molar-refractivity contribution in [2.45, 2.75) is 10.6 Å². The zero-order valence-corrected chi connectivity index (χ0v) is 11.7. The van der Waals surface area contributed by atoms with E-state index in [1.54, 1.807) is 18.2 Å². The first-order chi connectivity index (χ1) is 9.95. The Balaban J connectivity index is 1.99. The number of benzene rings is 2. The SMILES string of the molecule is Nc1ccc2nc(CS(=O)(=O)c3ccccc3F)[nH]c2c1. The van der Waals surface area contributed by atoms with Crippen LogP contribution in [0.3, 0.4) is 0 Å². The molecule has 7 heteroatoms. The first-order valence-electron chi connectivity index (χ1n) is 6.17. The van der Waals surface area contributed by atoms with Crippen molar-refractivity contribution in [2.24, 2.45) is 0 Å². The van der Waals surface area contributed by atoms with Crippen molar-refractivity contribution in [1.29, 1.82) is 0 Å². The lowest BCUT2D eigenvalue weighted by Crippen LogP contribution is -2.08. The molecule has 3 N–H and O–H groups in total. The number of aromatic amines is 1. The first kappa shape index (κ1) is 13.6. The van der Waals surface area contributed by atoms with E-state index in [0.29, 0.717) is 16.7 Å². The molecule has 3 rings (SSSR count). The van der Waals surface area contributed by atoms with E-state index in [1.165, 1.54) is 18.2 Å². The van der Waals surface area contributed by atoms with Crippen LogP contribution in [0, 0.1) is 5.82 Å². The number of nitrogens with zero attached hydrogens (tertiary/aromatic N) is 1. The van der Waals surface area contributed by atoms with Crippen LogP contribution in [-0.2, 0) is 15.6 Å². The van der Waals surface area contributed by atoms with Crippen LogP contribution in [0.15, 0.2) is 47.4 Å². The van der Waals surface area contributed by atoms with Crippen molar-refractivity contribution in [3.05, 3.63) is 54.1 Å². The molecule has 21 heavy (non-hydrogen) atoms. The summed E-state index contributed by atoms with van der Waals surface area (Å²) in [5.74, 6) is -0.917. The third-order valence-electron chi connectivity index (χ3n) is 3.05. The van der Waals surface area contributed by atoms with Crippen LogP contribution in [0.25, 0.3) is 11.0 Å². The number of anilines is 1. The van der Waals surface area contributed by atoms with Gasteiger partial charge in [0.2, 0.25) is 0 Å². The van der Waals surface area contributed by atoms with Crippen molar-refractivity contribution >= 4 is 26.6 Å². The summed E-state index contributed by atoms with van der Waals surface area (Å²) < 4.78 is 38.1. The minimum absolute atomic E-state index is 0.249. The summed E-state index contributed by atoms with van der Waals surface area (Å²) in [6.07, 6.45) is 0. The third kappa shape index (κ3) is 2.59. The number of nitrogens with two attached hydrogens (primary N) is 1. The average molecular weight is 305 g/mol. The second kappa shape index (κ2) is 4.85. The number of H-pyrrole nitrogens is 1. The monoisotopic (exact) mass is 305 g/mol. The Labute approximate surface area is 120 Å². The van der Waals surface area contributed by atoms with Gasteiger partial charge >= 0.3 is 0 Å². The average Bonchev–Trinajstić information content (AvgIpc) is 2.79. The number of hydrogen-bond donors (Lipinski definition) is 2.